The summed E-state index contributed by atoms with van der Waals surface area (Å²) in [6.45, 7) is 12.5. The summed E-state index contributed by atoms with van der Waals surface area (Å²) in [7, 11) is 0. The summed E-state index contributed by atoms with van der Waals surface area (Å²) in [4.78, 5) is 12.3. The standard InChI is InChI=1S/C27H44O2/c1-17(2)7-6-8-18(3)20-9-10-21-19-11-16-27-24(29-27)23(28)13-15-26(27,5)22(19)12-14-25(20,21)4/h17-22,24H,6-16H2,1-5H3/t18-,19+,20-,21+,22+,24+,25+,26+,27+/m0/s1. The second-order valence-corrected chi connectivity index (χ2v) is 12.7. The minimum absolute atomic E-state index is 0.0344. The van der Waals surface area contributed by atoms with Gasteiger partial charge in [-0.2, -0.15) is 0 Å². The molecule has 5 fully saturated rings. The molecule has 1 aliphatic heterocycles. The van der Waals surface area contributed by atoms with Crippen LogP contribution in [0, 0.1) is 46.3 Å². The van der Waals surface area contributed by atoms with Gasteiger partial charge in [-0.25, -0.2) is 0 Å². The van der Waals surface area contributed by atoms with E-state index in [9.17, 15) is 4.79 Å². The van der Waals surface area contributed by atoms with Gasteiger partial charge in [0.1, 0.15) is 11.7 Å². The topological polar surface area (TPSA) is 29.6 Å². The molecule has 0 unspecified atom stereocenters. The molecular weight excluding hydrogens is 356 g/mol. The van der Waals surface area contributed by atoms with Crippen LogP contribution in [0.4, 0.5) is 0 Å². The van der Waals surface area contributed by atoms with E-state index in [1.807, 2.05) is 0 Å². The summed E-state index contributed by atoms with van der Waals surface area (Å²) in [5.41, 5.74) is 0.768. The maximum Gasteiger partial charge on any atom is 0.164 e. The van der Waals surface area contributed by atoms with Crippen LogP contribution in [0.3, 0.4) is 0 Å². The Balaban J connectivity index is 1.32. The smallest absolute Gasteiger partial charge is 0.164 e. The molecule has 164 valence electrons. The van der Waals surface area contributed by atoms with Crippen LogP contribution in [-0.4, -0.2) is 17.5 Å². The molecule has 29 heavy (non-hydrogen) atoms. The molecule has 0 radical (unpaired) electrons. The van der Waals surface area contributed by atoms with E-state index in [0.717, 1.165) is 54.8 Å². The average molecular weight is 401 g/mol. The quantitative estimate of drug-likeness (QED) is 0.474. The Morgan fingerprint density at radius 2 is 1.76 bits per heavy atom. The largest absolute Gasteiger partial charge is 0.357 e. The van der Waals surface area contributed by atoms with Crippen molar-refractivity contribution in [2.24, 2.45) is 46.3 Å². The lowest BCUT2D eigenvalue weighted by molar-refractivity contribution is -0.132. The third kappa shape index (κ3) is 2.79. The molecule has 1 heterocycles. The van der Waals surface area contributed by atoms with Crippen LogP contribution in [0.5, 0.6) is 0 Å². The van der Waals surface area contributed by atoms with Crippen molar-refractivity contribution in [1.29, 1.82) is 0 Å². The van der Waals surface area contributed by atoms with Crippen molar-refractivity contribution in [2.45, 2.75) is 117 Å². The van der Waals surface area contributed by atoms with Gasteiger partial charge >= 0.3 is 0 Å². The van der Waals surface area contributed by atoms with E-state index >= 15 is 0 Å². The summed E-state index contributed by atoms with van der Waals surface area (Å²) in [5, 5.41) is 0. The summed E-state index contributed by atoms with van der Waals surface area (Å²) < 4.78 is 6.24. The number of fused-ring (bicyclic) bond motifs is 4. The van der Waals surface area contributed by atoms with Gasteiger partial charge in [-0.05, 0) is 85.9 Å². The van der Waals surface area contributed by atoms with Gasteiger partial charge in [0.2, 0.25) is 0 Å². The summed E-state index contributed by atoms with van der Waals surface area (Å²) in [5.74, 6) is 5.66. The van der Waals surface area contributed by atoms with Gasteiger partial charge < -0.3 is 4.74 Å². The summed E-state index contributed by atoms with van der Waals surface area (Å²) in [6, 6.07) is 0. The predicted molar refractivity (Wildman–Crippen MR) is 118 cm³/mol. The normalized spacial score (nSPS) is 51.8. The Kier molecular flexibility index (Phi) is 4.82. The van der Waals surface area contributed by atoms with Crippen LogP contribution in [0.2, 0.25) is 0 Å². The molecule has 4 saturated carbocycles. The highest BCUT2D eigenvalue weighted by atomic mass is 16.6. The zero-order valence-corrected chi connectivity index (χ0v) is 19.6. The molecule has 4 aliphatic carbocycles. The van der Waals surface area contributed by atoms with Crippen molar-refractivity contribution in [1.82, 2.24) is 0 Å². The van der Waals surface area contributed by atoms with E-state index < -0.39 is 0 Å². The zero-order valence-electron chi connectivity index (χ0n) is 19.6. The van der Waals surface area contributed by atoms with Gasteiger partial charge in [0.05, 0.1) is 0 Å². The van der Waals surface area contributed by atoms with Gasteiger partial charge in [-0.1, -0.05) is 53.9 Å². The minimum atomic E-state index is -0.0562. The van der Waals surface area contributed by atoms with Crippen LogP contribution >= 0.6 is 0 Å². The lowest BCUT2D eigenvalue weighted by atomic mass is 9.44. The summed E-state index contributed by atoms with van der Waals surface area (Å²) in [6.07, 6.45) is 14.3. The first kappa shape index (κ1) is 20.5. The first-order chi connectivity index (χ1) is 13.7. The molecule has 0 N–H and O–H groups in total. The first-order valence-corrected chi connectivity index (χ1v) is 12.9. The molecule has 2 heteroatoms. The van der Waals surface area contributed by atoms with Crippen LogP contribution in [0.15, 0.2) is 0 Å². The van der Waals surface area contributed by atoms with E-state index in [1.54, 1.807) is 0 Å². The number of hydrogen-bond donors (Lipinski definition) is 0. The van der Waals surface area contributed by atoms with E-state index in [-0.39, 0.29) is 17.1 Å². The number of epoxide rings is 1. The van der Waals surface area contributed by atoms with Crippen molar-refractivity contribution in [3.63, 3.8) is 0 Å². The molecule has 0 aromatic heterocycles. The molecule has 2 nitrogen and oxygen atoms in total. The molecule has 0 aromatic carbocycles. The van der Waals surface area contributed by atoms with E-state index in [1.165, 1.54) is 51.4 Å². The summed E-state index contributed by atoms with van der Waals surface area (Å²) >= 11 is 0. The van der Waals surface area contributed by atoms with Crippen molar-refractivity contribution in [3.8, 4) is 0 Å². The number of Topliss-reactive ketones (excluding diaryl/α,β-unsaturated/α-hetero) is 1. The van der Waals surface area contributed by atoms with Gasteiger partial charge in [0, 0.05) is 11.8 Å². The second kappa shape index (κ2) is 6.81. The van der Waals surface area contributed by atoms with E-state index in [2.05, 4.69) is 34.6 Å². The van der Waals surface area contributed by atoms with Crippen molar-refractivity contribution >= 4 is 5.78 Å². The van der Waals surface area contributed by atoms with Crippen molar-refractivity contribution in [3.05, 3.63) is 0 Å². The highest BCUT2D eigenvalue weighted by molar-refractivity contribution is 5.88. The van der Waals surface area contributed by atoms with Gasteiger partial charge in [-0.3, -0.25) is 4.79 Å². The Bertz CT molecular complexity index is 669. The fourth-order valence-electron chi connectivity index (χ4n) is 9.52. The van der Waals surface area contributed by atoms with Crippen molar-refractivity contribution < 1.29 is 9.53 Å². The molecule has 1 spiro atoms. The van der Waals surface area contributed by atoms with Crippen LogP contribution in [0.1, 0.15) is 105 Å². The highest BCUT2D eigenvalue weighted by Gasteiger charge is 2.76. The number of rotatable bonds is 5. The Hall–Kier alpha value is -0.370. The number of hydrogen-bond acceptors (Lipinski definition) is 2. The van der Waals surface area contributed by atoms with E-state index in [0.29, 0.717) is 11.2 Å². The van der Waals surface area contributed by atoms with Gasteiger partial charge in [-0.15, -0.1) is 0 Å². The number of carbonyl (C=O) groups is 1. The molecule has 5 rings (SSSR count). The lowest BCUT2D eigenvalue weighted by Gasteiger charge is -2.59. The molecule has 0 bridgehead atoms. The first-order valence-electron chi connectivity index (χ1n) is 12.9. The fourth-order valence-corrected chi connectivity index (χ4v) is 9.52. The van der Waals surface area contributed by atoms with Gasteiger partial charge in [0.15, 0.2) is 5.78 Å². The Labute approximate surface area is 178 Å². The molecule has 5 aliphatic rings. The highest BCUT2D eigenvalue weighted by Crippen LogP contribution is 2.73. The minimum Gasteiger partial charge on any atom is -0.357 e. The van der Waals surface area contributed by atoms with Crippen LogP contribution in [0.25, 0.3) is 0 Å². The monoisotopic (exact) mass is 400 g/mol. The SMILES string of the molecule is CC(C)CCC[C@H](C)[C@@H]1CC[C@@H]2[C@H]3CC[C@@]45O[C@@H]4C(=O)CC[C@]5(C)[C@@H]3CC[C@@]21C. The lowest BCUT2D eigenvalue weighted by Crippen LogP contribution is -2.58. The van der Waals surface area contributed by atoms with Crippen molar-refractivity contribution in [2.75, 3.05) is 0 Å². The Morgan fingerprint density at radius 3 is 2.52 bits per heavy atom. The molecule has 9 atom stereocenters. The molecular formula is C27H44O2. The maximum atomic E-state index is 12.3. The Morgan fingerprint density at radius 1 is 0.966 bits per heavy atom. The third-order valence-electron chi connectivity index (χ3n) is 11.2. The zero-order chi connectivity index (χ0) is 20.6. The molecule has 0 amide bonds. The number of ether oxygens (including phenoxy) is 1. The van der Waals surface area contributed by atoms with E-state index in [4.69, 9.17) is 4.74 Å². The molecule has 0 aromatic rings. The fraction of sp³-hybridized carbons (Fsp3) is 0.963. The third-order valence-corrected chi connectivity index (χ3v) is 11.2. The van der Waals surface area contributed by atoms with Crippen LogP contribution in [-0.2, 0) is 9.53 Å². The second-order valence-electron chi connectivity index (χ2n) is 12.7. The number of ketones is 1. The maximum absolute atomic E-state index is 12.3. The molecule has 1 saturated heterocycles. The van der Waals surface area contributed by atoms with Gasteiger partial charge in [0.25, 0.3) is 0 Å². The predicted octanol–water partition coefficient (Wildman–Crippen LogP) is 6.81. The average Bonchev–Trinajstić information content (AvgIpc) is 3.31. The van der Waals surface area contributed by atoms with Crippen LogP contribution < -0.4 is 0 Å². The number of carbonyl (C=O) groups excluding carboxylic acids is 1.